The molecule has 0 aliphatic heterocycles. The van der Waals surface area contributed by atoms with Crippen molar-refractivity contribution in [2.45, 2.75) is 6.92 Å². The lowest BCUT2D eigenvalue weighted by molar-refractivity contribution is 0.0692. The van der Waals surface area contributed by atoms with Crippen molar-refractivity contribution in [2.75, 3.05) is 0 Å². The SMILES string of the molecule is Cc1nn(C)cc1-c1ccc(F)c(C(=O)O)c1. The third kappa shape index (κ3) is 2.04. The highest BCUT2D eigenvalue weighted by Gasteiger charge is 2.13. The third-order valence-electron chi connectivity index (χ3n) is 2.52. The number of aromatic carboxylic acids is 1. The zero-order chi connectivity index (χ0) is 12.6. The summed E-state index contributed by atoms with van der Waals surface area (Å²) in [5.74, 6) is -2.01. The number of nitrogens with zero attached hydrogens (tertiary/aromatic N) is 2. The first kappa shape index (κ1) is 11.3. The maximum absolute atomic E-state index is 13.2. The van der Waals surface area contributed by atoms with Gasteiger partial charge in [-0.2, -0.15) is 5.10 Å². The molecule has 1 aromatic carbocycles. The summed E-state index contributed by atoms with van der Waals surface area (Å²) in [6.07, 6.45) is 1.77. The number of aryl methyl sites for hydroxylation is 2. The lowest BCUT2D eigenvalue weighted by Crippen LogP contribution is -2.00. The van der Waals surface area contributed by atoms with Crippen LogP contribution >= 0.6 is 0 Å². The van der Waals surface area contributed by atoms with E-state index < -0.39 is 11.8 Å². The van der Waals surface area contributed by atoms with Crippen molar-refractivity contribution in [3.63, 3.8) is 0 Å². The van der Waals surface area contributed by atoms with E-state index in [-0.39, 0.29) is 5.56 Å². The number of rotatable bonds is 2. The molecular formula is C12H11FN2O2. The predicted octanol–water partition coefficient (Wildman–Crippen LogP) is 2.23. The van der Waals surface area contributed by atoms with Gasteiger partial charge in [0, 0.05) is 18.8 Å². The first-order chi connectivity index (χ1) is 7.99. The number of carboxylic acids is 1. The van der Waals surface area contributed by atoms with E-state index in [4.69, 9.17) is 5.11 Å². The Balaban J connectivity index is 2.57. The van der Waals surface area contributed by atoms with Gasteiger partial charge in [-0.05, 0) is 24.6 Å². The molecule has 17 heavy (non-hydrogen) atoms. The maximum Gasteiger partial charge on any atom is 0.338 e. The quantitative estimate of drug-likeness (QED) is 0.866. The van der Waals surface area contributed by atoms with E-state index in [1.54, 1.807) is 24.0 Å². The van der Waals surface area contributed by atoms with Crippen molar-refractivity contribution in [3.05, 3.63) is 41.5 Å². The van der Waals surface area contributed by atoms with Crippen molar-refractivity contribution in [2.24, 2.45) is 7.05 Å². The van der Waals surface area contributed by atoms with Crippen LogP contribution in [0, 0.1) is 12.7 Å². The van der Waals surface area contributed by atoms with E-state index in [2.05, 4.69) is 5.10 Å². The summed E-state index contributed by atoms with van der Waals surface area (Å²) in [4.78, 5) is 10.8. The van der Waals surface area contributed by atoms with Crippen LogP contribution in [-0.2, 0) is 7.05 Å². The van der Waals surface area contributed by atoms with Crippen LogP contribution in [0.25, 0.3) is 11.1 Å². The fourth-order valence-corrected chi connectivity index (χ4v) is 1.74. The second-order valence-corrected chi connectivity index (χ2v) is 3.80. The van der Waals surface area contributed by atoms with Gasteiger partial charge in [0.25, 0.3) is 0 Å². The molecule has 0 saturated carbocycles. The van der Waals surface area contributed by atoms with Crippen LogP contribution in [0.3, 0.4) is 0 Å². The van der Waals surface area contributed by atoms with Gasteiger partial charge in [0.05, 0.1) is 11.3 Å². The number of halogens is 1. The van der Waals surface area contributed by atoms with E-state index in [1.165, 1.54) is 6.07 Å². The van der Waals surface area contributed by atoms with Crippen LogP contribution in [0.5, 0.6) is 0 Å². The Morgan fingerprint density at radius 1 is 1.47 bits per heavy atom. The lowest BCUT2D eigenvalue weighted by Gasteiger charge is -2.02. The fraction of sp³-hybridized carbons (Fsp3) is 0.167. The van der Waals surface area contributed by atoms with Gasteiger partial charge in [-0.15, -0.1) is 0 Å². The number of hydrogen-bond acceptors (Lipinski definition) is 2. The van der Waals surface area contributed by atoms with Gasteiger partial charge < -0.3 is 5.11 Å². The second kappa shape index (κ2) is 4.01. The molecule has 0 saturated heterocycles. The molecule has 0 unspecified atom stereocenters. The summed E-state index contributed by atoms with van der Waals surface area (Å²) in [5, 5.41) is 13.0. The largest absolute Gasteiger partial charge is 0.478 e. The van der Waals surface area contributed by atoms with E-state index >= 15 is 0 Å². The number of carboxylic acid groups (broad SMARTS) is 1. The summed E-state index contributed by atoms with van der Waals surface area (Å²) < 4.78 is 14.9. The van der Waals surface area contributed by atoms with Gasteiger partial charge in [-0.25, -0.2) is 9.18 Å². The molecule has 4 nitrogen and oxygen atoms in total. The van der Waals surface area contributed by atoms with Crippen molar-refractivity contribution in [1.82, 2.24) is 9.78 Å². The number of aromatic nitrogens is 2. The van der Waals surface area contributed by atoms with E-state index in [0.29, 0.717) is 5.56 Å². The first-order valence-corrected chi connectivity index (χ1v) is 5.02. The molecule has 0 radical (unpaired) electrons. The van der Waals surface area contributed by atoms with Crippen molar-refractivity contribution < 1.29 is 14.3 Å². The zero-order valence-corrected chi connectivity index (χ0v) is 9.44. The molecule has 1 aromatic heterocycles. The summed E-state index contributed by atoms with van der Waals surface area (Å²) in [6.45, 7) is 1.82. The van der Waals surface area contributed by atoms with Crippen LogP contribution in [0.2, 0.25) is 0 Å². The molecule has 88 valence electrons. The van der Waals surface area contributed by atoms with Crippen LogP contribution in [-0.4, -0.2) is 20.9 Å². The van der Waals surface area contributed by atoms with Gasteiger partial charge in [0.2, 0.25) is 0 Å². The smallest absolute Gasteiger partial charge is 0.338 e. The van der Waals surface area contributed by atoms with Gasteiger partial charge in [-0.1, -0.05) is 6.07 Å². The Morgan fingerprint density at radius 3 is 2.71 bits per heavy atom. The molecule has 0 spiro atoms. The third-order valence-corrected chi connectivity index (χ3v) is 2.52. The molecule has 5 heteroatoms. The molecular weight excluding hydrogens is 223 g/mol. The number of hydrogen-bond donors (Lipinski definition) is 1. The minimum atomic E-state index is -1.27. The second-order valence-electron chi connectivity index (χ2n) is 3.80. The summed E-state index contributed by atoms with van der Waals surface area (Å²) in [5.41, 5.74) is 1.89. The molecule has 1 N–H and O–H groups in total. The van der Waals surface area contributed by atoms with Crippen LogP contribution < -0.4 is 0 Å². The predicted molar refractivity (Wildman–Crippen MR) is 60.3 cm³/mol. The molecule has 0 bridgehead atoms. The summed E-state index contributed by atoms with van der Waals surface area (Å²) >= 11 is 0. The Bertz CT molecular complexity index is 590. The van der Waals surface area contributed by atoms with E-state index in [9.17, 15) is 9.18 Å². The minimum absolute atomic E-state index is 0.328. The van der Waals surface area contributed by atoms with E-state index in [0.717, 1.165) is 17.3 Å². The van der Waals surface area contributed by atoms with Gasteiger partial charge in [-0.3, -0.25) is 4.68 Å². The molecule has 2 rings (SSSR count). The molecule has 0 atom stereocenters. The minimum Gasteiger partial charge on any atom is -0.478 e. The Kier molecular flexibility index (Phi) is 2.67. The molecule has 0 fully saturated rings. The van der Waals surface area contributed by atoms with Crippen molar-refractivity contribution in [1.29, 1.82) is 0 Å². The van der Waals surface area contributed by atoms with Gasteiger partial charge >= 0.3 is 5.97 Å². The van der Waals surface area contributed by atoms with Gasteiger partial charge in [0.1, 0.15) is 5.82 Å². The first-order valence-electron chi connectivity index (χ1n) is 5.02. The molecule has 0 aliphatic carbocycles. The average Bonchev–Trinajstić information content (AvgIpc) is 2.58. The standard InChI is InChI=1S/C12H11FN2O2/c1-7-10(6-15(2)14-7)8-3-4-11(13)9(5-8)12(16)17/h3-6H,1-2H3,(H,16,17). The molecule has 0 amide bonds. The number of benzene rings is 1. The Morgan fingerprint density at radius 2 is 2.18 bits per heavy atom. The van der Waals surface area contributed by atoms with E-state index in [1.807, 2.05) is 6.92 Å². The fourth-order valence-electron chi connectivity index (χ4n) is 1.74. The maximum atomic E-state index is 13.2. The molecule has 1 heterocycles. The Labute approximate surface area is 97.3 Å². The highest BCUT2D eigenvalue weighted by Crippen LogP contribution is 2.24. The number of carbonyl (C=O) groups is 1. The van der Waals surface area contributed by atoms with Crippen LogP contribution in [0.1, 0.15) is 16.1 Å². The summed E-state index contributed by atoms with van der Waals surface area (Å²) in [7, 11) is 1.78. The topological polar surface area (TPSA) is 55.1 Å². The van der Waals surface area contributed by atoms with Crippen LogP contribution in [0.4, 0.5) is 4.39 Å². The monoisotopic (exact) mass is 234 g/mol. The molecule has 0 aliphatic rings. The average molecular weight is 234 g/mol. The van der Waals surface area contributed by atoms with Crippen molar-refractivity contribution >= 4 is 5.97 Å². The van der Waals surface area contributed by atoms with Crippen LogP contribution in [0.15, 0.2) is 24.4 Å². The Hall–Kier alpha value is -2.17. The summed E-state index contributed by atoms with van der Waals surface area (Å²) in [6, 6.07) is 4.03. The highest BCUT2D eigenvalue weighted by atomic mass is 19.1. The normalized spacial score (nSPS) is 10.5. The lowest BCUT2D eigenvalue weighted by atomic mass is 10.0. The van der Waals surface area contributed by atoms with Crippen molar-refractivity contribution in [3.8, 4) is 11.1 Å². The van der Waals surface area contributed by atoms with Gasteiger partial charge in [0.15, 0.2) is 0 Å². The molecule has 2 aromatic rings. The zero-order valence-electron chi connectivity index (χ0n) is 9.44. The highest BCUT2D eigenvalue weighted by molar-refractivity contribution is 5.89.